The van der Waals surface area contributed by atoms with Crippen LogP contribution in [0.2, 0.25) is 0 Å². The number of likely N-dealkylation sites (tertiary alicyclic amines) is 1. The summed E-state index contributed by atoms with van der Waals surface area (Å²) < 4.78 is 0. The molecule has 1 aromatic carbocycles. The molecule has 1 N–H and O–H groups in total. The van der Waals surface area contributed by atoms with Crippen LogP contribution in [-0.4, -0.2) is 33.9 Å². The highest BCUT2D eigenvalue weighted by Gasteiger charge is 2.45. The molecule has 30 heavy (non-hydrogen) atoms. The fourth-order valence-electron chi connectivity index (χ4n) is 5.64. The minimum Gasteiger partial charge on any atom is -0.342 e. The van der Waals surface area contributed by atoms with Crippen LogP contribution < -0.4 is 5.56 Å². The first-order valence-electron chi connectivity index (χ1n) is 11.3. The number of H-pyrrole nitrogens is 1. The summed E-state index contributed by atoms with van der Waals surface area (Å²) in [5, 5.41) is 0. The number of piperidine rings is 1. The molecule has 0 bridgehead atoms. The third-order valence-electron chi connectivity index (χ3n) is 7.51. The lowest BCUT2D eigenvalue weighted by molar-refractivity contribution is -0.136. The Kier molecular flexibility index (Phi) is 4.42. The summed E-state index contributed by atoms with van der Waals surface area (Å²) in [6, 6.07) is 8.43. The third kappa shape index (κ3) is 3.10. The zero-order chi connectivity index (χ0) is 21.1. The SMILES string of the molecule is CC(C)(C)c1nc2c(c(=O)[nH]1)CCC21CCN(C(=O)C2Cc3ccccc3C2)CC1. The van der Waals surface area contributed by atoms with Gasteiger partial charge in [0.1, 0.15) is 5.82 Å². The van der Waals surface area contributed by atoms with E-state index in [0.29, 0.717) is 5.91 Å². The van der Waals surface area contributed by atoms with E-state index in [1.807, 2.05) is 0 Å². The van der Waals surface area contributed by atoms with Crippen LogP contribution in [0.4, 0.5) is 0 Å². The number of hydrogen-bond acceptors (Lipinski definition) is 3. The smallest absolute Gasteiger partial charge is 0.254 e. The molecule has 5 nitrogen and oxygen atoms in total. The van der Waals surface area contributed by atoms with E-state index >= 15 is 0 Å². The monoisotopic (exact) mass is 405 g/mol. The number of nitrogens with one attached hydrogen (secondary N) is 1. The van der Waals surface area contributed by atoms with Gasteiger partial charge in [-0.05, 0) is 49.7 Å². The second-order valence-electron chi connectivity index (χ2n) is 10.5. The van der Waals surface area contributed by atoms with Gasteiger partial charge in [-0.15, -0.1) is 0 Å². The highest BCUT2D eigenvalue weighted by molar-refractivity contribution is 5.80. The number of carbonyl (C=O) groups excluding carboxylic acids is 1. The summed E-state index contributed by atoms with van der Waals surface area (Å²) in [6.07, 6.45) is 5.32. The lowest BCUT2D eigenvalue weighted by Crippen LogP contribution is -2.47. The minimum atomic E-state index is -0.188. The maximum absolute atomic E-state index is 13.2. The van der Waals surface area contributed by atoms with E-state index in [0.717, 1.165) is 68.7 Å². The number of carbonyl (C=O) groups is 1. The van der Waals surface area contributed by atoms with E-state index in [4.69, 9.17) is 4.98 Å². The maximum Gasteiger partial charge on any atom is 0.254 e. The topological polar surface area (TPSA) is 66.1 Å². The predicted molar refractivity (Wildman–Crippen MR) is 117 cm³/mol. The summed E-state index contributed by atoms with van der Waals surface area (Å²) >= 11 is 0. The standard InChI is InChI=1S/C25H31N3O2/c1-24(2,3)23-26-20-19(21(29)27-23)8-9-25(20)10-12-28(13-11-25)22(30)18-14-16-6-4-5-7-17(16)15-18/h4-7,18H,8-15H2,1-3H3,(H,26,27,29). The van der Waals surface area contributed by atoms with Crippen molar-refractivity contribution in [1.29, 1.82) is 0 Å². The molecular formula is C25H31N3O2. The van der Waals surface area contributed by atoms with Crippen LogP contribution in [0.25, 0.3) is 0 Å². The zero-order valence-electron chi connectivity index (χ0n) is 18.3. The summed E-state index contributed by atoms with van der Waals surface area (Å²) in [5.74, 6) is 1.16. The maximum atomic E-state index is 13.2. The molecule has 2 aliphatic carbocycles. The van der Waals surface area contributed by atoms with Crippen molar-refractivity contribution in [3.05, 3.63) is 62.8 Å². The zero-order valence-corrected chi connectivity index (χ0v) is 18.3. The molecular weight excluding hydrogens is 374 g/mol. The van der Waals surface area contributed by atoms with Crippen LogP contribution in [0.5, 0.6) is 0 Å². The number of aromatic amines is 1. The third-order valence-corrected chi connectivity index (χ3v) is 7.51. The average molecular weight is 406 g/mol. The first kappa shape index (κ1) is 19.5. The number of amides is 1. The molecule has 2 aromatic rings. The van der Waals surface area contributed by atoms with Gasteiger partial charge in [-0.1, -0.05) is 45.0 Å². The number of hydrogen-bond donors (Lipinski definition) is 1. The molecule has 1 aromatic heterocycles. The van der Waals surface area contributed by atoms with Crippen molar-refractivity contribution in [3.63, 3.8) is 0 Å². The Labute approximate surface area is 177 Å². The number of aromatic nitrogens is 2. The number of fused-ring (bicyclic) bond motifs is 3. The Balaban J connectivity index is 1.33. The van der Waals surface area contributed by atoms with E-state index in [2.05, 4.69) is 54.9 Å². The van der Waals surface area contributed by atoms with Gasteiger partial charge in [-0.3, -0.25) is 9.59 Å². The molecule has 1 amide bonds. The molecule has 3 aliphatic rings. The van der Waals surface area contributed by atoms with Gasteiger partial charge in [-0.2, -0.15) is 0 Å². The van der Waals surface area contributed by atoms with E-state index in [1.54, 1.807) is 0 Å². The summed E-state index contributed by atoms with van der Waals surface area (Å²) in [7, 11) is 0. The normalized spacial score (nSPS) is 20.4. The number of benzene rings is 1. The van der Waals surface area contributed by atoms with Gasteiger partial charge < -0.3 is 9.88 Å². The molecule has 1 spiro atoms. The van der Waals surface area contributed by atoms with E-state index in [1.165, 1.54) is 11.1 Å². The van der Waals surface area contributed by atoms with Gasteiger partial charge in [0.15, 0.2) is 0 Å². The first-order chi connectivity index (χ1) is 14.3. The Morgan fingerprint density at radius 3 is 2.33 bits per heavy atom. The molecule has 0 unspecified atom stereocenters. The van der Waals surface area contributed by atoms with Crippen molar-refractivity contribution in [3.8, 4) is 0 Å². The molecule has 0 atom stereocenters. The van der Waals surface area contributed by atoms with Crippen molar-refractivity contribution < 1.29 is 4.79 Å². The van der Waals surface area contributed by atoms with Crippen LogP contribution in [0.15, 0.2) is 29.1 Å². The molecule has 5 rings (SSSR count). The van der Waals surface area contributed by atoms with Crippen LogP contribution in [-0.2, 0) is 34.9 Å². The second kappa shape index (κ2) is 6.79. The van der Waals surface area contributed by atoms with Crippen LogP contribution in [0.1, 0.15) is 68.2 Å². The fourth-order valence-corrected chi connectivity index (χ4v) is 5.64. The highest BCUT2D eigenvalue weighted by Crippen LogP contribution is 2.45. The average Bonchev–Trinajstić information content (AvgIpc) is 3.30. The van der Waals surface area contributed by atoms with Crippen LogP contribution in [0, 0.1) is 5.92 Å². The van der Waals surface area contributed by atoms with Crippen molar-refractivity contribution in [1.82, 2.24) is 14.9 Å². The molecule has 5 heteroatoms. The van der Waals surface area contributed by atoms with Gasteiger partial charge in [0, 0.05) is 35.4 Å². The van der Waals surface area contributed by atoms with E-state index in [-0.39, 0.29) is 22.3 Å². The number of nitrogens with zero attached hydrogens (tertiary/aromatic N) is 2. The lowest BCUT2D eigenvalue weighted by atomic mass is 9.75. The predicted octanol–water partition coefficient (Wildman–Crippen LogP) is 3.29. The van der Waals surface area contributed by atoms with Crippen LogP contribution >= 0.6 is 0 Å². The lowest BCUT2D eigenvalue weighted by Gasteiger charge is -2.40. The van der Waals surface area contributed by atoms with Gasteiger partial charge in [0.05, 0.1) is 5.69 Å². The van der Waals surface area contributed by atoms with Crippen molar-refractivity contribution in [2.24, 2.45) is 5.92 Å². The van der Waals surface area contributed by atoms with E-state index < -0.39 is 0 Å². The molecule has 1 aliphatic heterocycles. The molecule has 0 saturated carbocycles. The van der Waals surface area contributed by atoms with E-state index in [9.17, 15) is 9.59 Å². The molecule has 2 heterocycles. The summed E-state index contributed by atoms with van der Waals surface area (Å²) in [4.78, 5) is 36.0. The second-order valence-corrected chi connectivity index (χ2v) is 10.5. The minimum absolute atomic E-state index is 0.0315. The highest BCUT2D eigenvalue weighted by atomic mass is 16.2. The van der Waals surface area contributed by atoms with Gasteiger partial charge in [-0.25, -0.2) is 4.98 Å². The van der Waals surface area contributed by atoms with Crippen LogP contribution in [0.3, 0.4) is 0 Å². The van der Waals surface area contributed by atoms with Crippen molar-refractivity contribution in [2.45, 2.75) is 70.1 Å². The molecule has 1 fully saturated rings. The van der Waals surface area contributed by atoms with Gasteiger partial charge in [0.2, 0.25) is 5.91 Å². The quantitative estimate of drug-likeness (QED) is 0.792. The van der Waals surface area contributed by atoms with Crippen molar-refractivity contribution in [2.75, 3.05) is 13.1 Å². The molecule has 0 radical (unpaired) electrons. The largest absolute Gasteiger partial charge is 0.342 e. The number of rotatable bonds is 1. The van der Waals surface area contributed by atoms with Gasteiger partial charge >= 0.3 is 0 Å². The Morgan fingerprint density at radius 2 is 1.73 bits per heavy atom. The Morgan fingerprint density at radius 1 is 1.10 bits per heavy atom. The summed E-state index contributed by atoms with van der Waals surface area (Å²) in [6.45, 7) is 7.79. The Hall–Kier alpha value is -2.43. The van der Waals surface area contributed by atoms with Gasteiger partial charge in [0.25, 0.3) is 5.56 Å². The fraction of sp³-hybridized carbons (Fsp3) is 0.560. The van der Waals surface area contributed by atoms with Crippen molar-refractivity contribution >= 4 is 5.91 Å². The Bertz CT molecular complexity index is 1030. The summed E-state index contributed by atoms with van der Waals surface area (Å²) in [5.41, 5.74) is 4.33. The molecule has 158 valence electrons. The molecule has 1 saturated heterocycles. The first-order valence-corrected chi connectivity index (χ1v) is 11.3.